The van der Waals surface area contributed by atoms with Gasteiger partial charge in [-0.05, 0) is 50.0 Å². The Kier molecular flexibility index (Phi) is 4.63. The Morgan fingerprint density at radius 1 is 0.382 bits per heavy atom. The van der Waals surface area contributed by atoms with Crippen LogP contribution in [0, 0.1) is 0 Å². The molecule has 0 radical (unpaired) electrons. The van der Waals surface area contributed by atoms with Gasteiger partial charge >= 0.3 is 0 Å². The fraction of sp³-hybridized carbons (Fsp3) is 0.0909. The van der Waals surface area contributed by atoms with Gasteiger partial charge in [0.2, 0.25) is 0 Å². The molecular weight excluding hydrogens is 424 g/mol. The lowest BCUT2D eigenvalue weighted by molar-refractivity contribution is 0.657. The highest BCUT2D eigenvalue weighted by Gasteiger charge is 2.42. The summed E-state index contributed by atoms with van der Waals surface area (Å²) in [5.41, 5.74) is 12.3. The monoisotopic (exact) mass is 450 g/mol. The summed E-state index contributed by atoms with van der Waals surface area (Å²) in [4.78, 5) is 0. The minimum atomic E-state index is -0.614. The van der Waals surface area contributed by atoms with Crippen LogP contribution < -0.4 is 5.19 Å². The SMILES string of the molecule is c1ccc([SiH2]C(C2c3ccccc3-c3ccccc32)C2c3ccccc3-c3ccccc32)cc1. The van der Waals surface area contributed by atoms with Crippen molar-refractivity contribution in [2.45, 2.75) is 17.4 Å². The van der Waals surface area contributed by atoms with Crippen LogP contribution in [0.1, 0.15) is 34.1 Å². The van der Waals surface area contributed by atoms with Gasteiger partial charge in [0.25, 0.3) is 0 Å². The fourth-order valence-electron chi connectivity index (χ4n) is 6.63. The normalized spacial score (nSPS) is 14.4. The van der Waals surface area contributed by atoms with Crippen LogP contribution in [0.15, 0.2) is 127 Å². The summed E-state index contributed by atoms with van der Waals surface area (Å²) in [6.45, 7) is 0. The molecule has 0 atom stereocenters. The van der Waals surface area contributed by atoms with Crippen molar-refractivity contribution >= 4 is 14.7 Å². The van der Waals surface area contributed by atoms with Gasteiger partial charge in [0.05, 0.1) is 9.52 Å². The molecule has 0 amide bonds. The van der Waals surface area contributed by atoms with E-state index in [1.54, 1.807) is 5.19 Å². The van der Waals surface area contributed by atoms with Crippen LogP contribution >= 0.6 is 0 Å². The van der Waals surface area contributed by atoms with E-state index in [4.69, 9.17) is 0 Å². The van der Waals surface area contributed by atoms with E-state index in [1.807, 2.05) is 0 Å². The van der Waals surface area contributed by atoms with E-state index in [2.05, 4.69) is 127 Å². The summed E-state index contributed by atoms with van der Waals surface area (Å²) >= 11 is 0. The minimum Gasteiger partial charge on any atom is -0.0666 e. The van der Waals surface area contributed by atoms with E-state index in [0.29, 0.717) is 17.4 Å². The minimum absolute atomic E-state index is 0.420. The summed E-state index contributed by atoms with van der Waals surface area (Å²) in [5, 5.41) is 1.55. The summed E-state index contributed by atoms with van der Waals surface area (Å²) < 4.78 is 0. The first-order chi connectivity index (χ1) is 16.9. The van der Waals surface area contributed by atoms with Gasteiger partial charge in [-0.25, -0.2) is 0 Å². The molecule has 0 fully saturated rings. The summed E-state index contributed by atoms with van der Waals surface area (Å²) in [6.07, 6.45) is 0. The molecule has 5 aromatic rings. The van der Waals surface area contributed by atoms with Crippen molar-refractivity contribution in [3.05, 3.63) is 150 Å². The number of hydrogen-bond acceptors (Lipinski definition) is 0. The van der Waals surface area contributed by atoms with Gasteiger partial charge in [-0.15, -0.1) is 0 Å². The van der Waals surface area contributed by atoms with Crippen molar-refractivity contribution in [3.63, 3.8) is 0 Å². The molecule has 0 spiro atoms. The van der Waals surface area contributed by atoms with Crippen molar-refractivity contribution < 1.29 is 0 Å². The van der Waals surface area contributed by atoms with Gasteiger partial charge in [-0.3, -0.25) is 0 Å². The highest BCUT2D eigenvalue weighted by atomic mass is 28.2. The Morgan fingerprint density at radius 2 is 0.706 bits per heavy atom. The van der Waals surface area contributed by atoms with Crippen LogP contribution in [-0.4, -0.2) is 9.52 Å². The molecule has 0 heterocycles. The maximum atomic E-state index is 2.39. The van der Waals surface area contributed by atoms with E-state index >= 15 is 0 Å². The van der Waals surface area contributed by atoms with Gasteiger partial charge in [-0.1, -0.05) is 133 Å². The Labute approximate surface area is 203 Å². The van der Waals surface area contributed by atoms with E-state index in [0.717, 1.165) is 0 Å². The highest BCUT2D eigenvalue weighted by molar-refractivity contribution is 6.55. The molecule has 0 nitrogen and oxygen atoms in total. The lowest BCUT2D eigenvalue weighted by Crippen LogP contribution is -2.28. The molecule has 5 aromatic carbocycles. The molecule has 0 unspecified atom stereocenters. The Bertz CT molecular complexity index is 1310. The van der Waals surface area contributed by atoms with Gasteiger partial charge in [0, 0.05) is 11.8 Å². The third-order valence-corrected chi connectivity index (χ3v) is 10.3. The molecule has 0 N–H and O–H groups in total. The molecule has 0 aliphatic heterocycles. The predicted octanol–water partition coefficient (Wildman–Crippen LogP) is 6.89. The van der Waals surface area contributed by atoms with Crippen LogP contribution in [0.25, 0.3) is 22.3 Å². The van der Waals surface area contributed by atoms with Gasteiger partial charge < -0.3 is 0 Å². The molecule has 0 saturated carbocycles. The topological polar surface area (TPSA) is 0 Å². The Morgan fingerprint density at radius 3 is 1.09 bits per heavy atom. The second-order valence-corrected chi connectivity index (χ2v) is 11.8. The lowest BCUT2D eigenvalue weighted by Gasteiger charge is -2.32. The van der Waals surface area contributed by atoms with E-state index < -0.39 is 9.52 Å². The van der Waals surface area contributed by atoms with Gasteiger partial charge in [-0.2, -0.15) is 0 Å². The molecule has 7 rings (SSSR count). The summed E-state index contributed by atoms with van der Waals surface area (Å²) in [7, 11) is -0.614. The van der Waals surface area contributed by atoms with Gasteiger partial charge in [0.1, 0.15) is 0 Å². The molecule has 0 saturated heterocycles. The van der Waals surface area contributed by atoms with E-state index in [-0.39, 0.29) is 0 Å². The highest BCUT2D eigenvalue weighted by Crippen LogP contribution is 2.58. The van der Waals surface area contributed by atoms with Crippen LogP contribution in [0.2, 0.25) is 5.54 Å². The molecule has 2 aliphatic carbocycles. The van der Waals surface area contributed by atoms with Crippen LogP contribution in [-0.2, 0) is 0 Å². The third-order valence-electron chi connectivity index (χ3n) is 7.93. The zero-order chi connectivity index (χ0) is 22.5. The average molecular weight is 451 g/mol. The van der Waals surface area contributed by atoms with Gasteiger partial charge in [0.15, 0.2) is 0 Å². The second kappa shape index (κ2) is 7.97. The number of fused-ring (bicyclic) bond motifs is 6. The van der Waals surface area contributed by atoms with Crippen LogP contribution in [0.3, 0.4) is 0 Å². The largest absolute Gasteiger partial charge is 0.0666 e. The zero-order valence-corrected chi connectivity index (χ0v) is 20.5. The van der Waals surface area contributed by atoms with E-state index in [9.17, 15) is 0 Å². The summed E-state index contributed by atoms with van der Waals surface area (Å²) in [6, 6.07) is 47.9. The van der Waals surface area contributed by atoms with Crippen molar-refractivity contribution in [2.24, 2.45) is 0 Å². The van der Waals surface area contributed by atoms with Crippen molar-refractivity contribution in [2.75, 3.05) is 0 Å². The number of hydrogen-bond donors (Lipinski definition) is 0. The Balaban J connectivity index is 1.48. The average Bonchev–Trinajstić information content (AvgIpc) is 3.41. The third kappa shape index (κ3) is 2.97. The van der Waals surface area contributed by atoms with Crippen molar-refractivity contribution in [3.8, 4) is 22.3 Å². The first-order valence-electron chi connectivity index (χ1n) is 12.3. The first kappa shape index (κ1) is 19.8. The summed E-state index contributed by atoms with van der Waals surface area (Å²) in [5.74, 6) is 0.840. The molecule has 34 heavy (non-hydrogen) atoms. The van der Waals surface area contributed by atoms with Crippen LogP contribution in [0.5, 0.6) is 0 Å². The molecule has 0 aromatic heterocycles. The quantitative estimate of drug-likeness (QED) is 0.261. The Hall–Kier alpha value is -3.68. The molecule has 0 bridgehead atoms. The first-order valence-corrected chi connectivity index (χ1v) is 13.8. The second-order valence-electron chi connectivity index (χ2n) is 9.66. The lowest BCUT2D eigenvalue weighted by atomic mass is 9.82. The van der Waals surface area contributed by atoms with Crippen LogP contribution in [0.4, 0.5) is 0 Å². The number of rotatable bonds is 4. The molecule has 1 heteroatoms. The maximum Gasteiger partial charge on any atom is 0.0597 e. The maximum absolute atomic E-state index is 2.39. The standard InChI is InChI=1S/C33H26Si/c1-2-12-22(13-3-1)34-33(31-27-18-8-4-14-23(27)24-15-5-9-19-28(24)31)32-29-20-10-6-16-25(29)26-17-7-11-21-30(26)32/h1-21,31-33H,34H2. The fourth-order valence-corrected chi connectivity index (χ4v) is 9.20. The molecular formula is C33H26Si. The van der Waals surface area contributed by atoms with Crippen molar-refractivity contribution in [1.29, 1.82) is 0 Å². The van der Waals surface area contributed by atoms with Crippen molar-refractivity contribution in [1.82, 2.24) is 0 Å². The smallest absolute Gasteiger partial charge is 0.0597 e. The zero-order valence-electron chi connectivity index (χ0n) is 19.1. The molecule has 162 valence electrons. The predicted molar refractivity (Wildman–Crippen MR) is 146 cm³/mol. The van der Waals surface area contributed by atoms with E-state index in [1.165, 1.54) is 44.5 Å². The molecule has 2 aliphatic rings. The number of benzene rings is 5.